The molecule has 154 valence electrons. The predicted molar refractivity (Wildman–Crippen MR) is 104 cm³/mol. The van der Waals surface area contributed by atoms with E-state index in [0.717, 1.165) is 17.4 Å². The van der Waals surface area contributed by atoms with E-state index in [1.54, 1.807) is 18.2 Å². The number of imide groups is 1. The van der Waals surface area contributed by atoms with Crippen molar-refractivity contribution in [1.82, 2.24) is 4.90 Å². The van der Waals surface area contributed by atoms with Crippen molar-refractivity contribution in [3.63, 3.8) is 0 Å². The van der Waals surface area contributed by atoms with E-state index in [9.17, 15) is 24.5 Å². The molecule has 2 aromatic rings. The first-order valence-electron chi connectivity index (χ1n) is 9.24. The summed E-state index contributed by atoms with van der Waals surface area (Å²) in [6, 6.07) is 7.49. The molecule has 2 aliphatic rings. The lowest BCUT2D eigenvalue weighted by Gasteiger charge is -2.21. The van der Waals surface area contributed by atoms with Gasteiger partial charge in [-0.25, -0.2) is 0 Å². The highest BCUT2D eigenvalue weighted by Gasteiger charge is 2.44. The van der Waals surface area contributed by atoms with Gasteiger partial charge < -0.3 is 14.8 Å². The monoisotopic (exact) mass is 411 g/mol. The van der Waals surface area contributed by atoms with Crippen LogP contribution in [-0.2, 0) is 4.79 Å². The van der Waals surface area contributed by atoms with Crippen LogP contribution in [0.1, 0.15) is 34.1 Å². The van der Waals surface area contributed by atoms with Crippen molar-refractivity contribution in [3.8, 4) is 11.5 Å². The Balaban J connectivity index is 1.56. The third-order valence-electron chi connectivity index (χ3n) is 4.90. The molecule has 10 heteroatoms. The molecule has 2 aliphatic heterocycles. The lowest BCUT2D eigenvalue weighted by molar-refractivity contribution is -0.385. The van der Waals surface area contributed by atoms with E-state index < -0.39 is 34.4 Å². The number of ether oxygens (including phenoxy) is 2. The normalized spacial score (nSPS) is 16.0. The highest BCUT2D eigenvalue weighted by molar-refractivity contribution is 6.24. The Bertz CT molecular complexity index is 1080. The predicted octanol–water partition coefficient (Wildman–Crippen LogP) is 2.38. The highest BCUT2D eigenvalue weighted by Crippen LogP contribution is 2.34. The largest absolute Gasteiger partial charge is 0.490 e. The van der Waals surface area contributed by atoms with Crippen molar-refractivity contribution in [3.05, 3.63) is 57.6 Å². The van der Waals surface area contributed by atoms with Gasteiger partial charge >= 0.3 is 0 Å². The highest BCUT2D eigenvalue weighted by atomic mass is 16.6. The number of nitrogens with one attached hydrogen (secondary N) is 1. The Hall–Kier alpha value is -3.95. The molecule has 1 N–H and O–H groups in total. The zero-order valence-corrected chi connectivity index (χ0v) is 15.9. The van der Waals surface area contributed by atoms with Crippen LogP contribution in [0, 0.1) is 10.1 Å². The lowest BCUT2D eigenvalue weighted by Crippen LogP contribution is -2.45. The molecule has 0 saturated carbocycles. The van der Waals surface area contributed by atoms with Crippen molar-refractivity contribution < 1.29 is 28.8 Å². The summed E-state index contributed by atoms with van der Waals surface area (Å²) in [6.07, 6.45) is 0.735. The topological polar surface area (TPSA) is 128 Å². The number of carbonyl (C=O) groups is 3. The Morgan fingerprint density at radius 3 is 2.60 bits per heavy atom. The molecule has 0 bridgehead atoms. The Kier molecular flexibility index (Phi) is 4.82. The van der Waals surface area contributed by atoms with Crippen LogP contribution in [0.2, 0.25) is 0 Å². The van der Waals surface area contributed by atoms with E-state index in [1.165, 1.54) is 19.1 Å². The molecule has 2 heterocycles. The number of fused-ring (bicyclic) bond motifs is 2. The molecule has 0 radical (unpaired) electrons. The summed E-state index contributed by atoms with van der Waals surface area (Å²) in [7, 11) is 0. The SMILES string of the molecule is CC(C(=O)Nc1ccc2c(c1)OCCCO2)N1C(=O)c2cccc([N+](=O)[O-])c2C1=O. The van der Waals surface area contributed by atoms with Gasteiger partial charge in [-0.1, -0.05) is 6.07 Å². The second kappa shape index (κ2) is 7.47. The van der Waals surface area contributed by atoms with E-state index in [1.807, 2.05) is 0 Å². The number of benzene rings is 2. The first-order valence-corrected chi connectivity index (χ1v) is 9.24. The van der Waals surface area contributed by atoms with Crippen molar-refractivity contribution in [2.24, 2.45) is 0 Å². The summed E-state index contributed by atoms with van der Waals surface area (Å²) in [5.41, 5.74) is -0.463. The summed E-state index contributed by atoms with van der Waals surface area (Å²) < 4.78 is 11.1. The van der Waals surface area contributed by atoms with Gasteiger partial charge in [-0.15, -0.1) is 0 Å². The van der Waals surface area contributed by atoms with Crippen LogP contribution in [0.15, 0.2) is 36.4 Å². The van der Waals surface area contributed by atoms with Gasteiger partial charge in [0.05, 0.1) is 23.7 Å². The summed E-state index contributed by atoms with van der Waals surface area (Å²) in [5, 5.41) is 13.9. The van der Waals surface area contributed by atoms with Gasteiger partial charge in [-0.05, 0) is 25.1 Å². The van der Waals surface area contributed by atoms with Gasteiger partial charge in [0.15, 0.2) is 11.5 Å². The van der Waals surface area contributed by atoms with Crippen LogP contribution in [0.25, 0.3) is 0 Å². The molecule has 0 fully saturated rings. The zero-order chi connectivity index (χ0) is 21.4. The third kappa shape index (κ3) is 3.21. The molecule has 0 spiro atoms. The summed E-state index contributed by atoms with van der Waals surface area (Å²) in [6.45, 7) is 2.39. The second-order valence-electron chi connectivity index (χ2n) is 6.81. The summed E-state index contributed by atoms with van der Waals surface area (Å²) in [4.78, 5) is 49.4. The van der Waals surface area contributed by atoms with Gasteiger partial charge in [-0.2, -0.15) is 0 Å². The minimum absolute atomic E-state index is 0.0931. The van der Waals surface area contributed by atoms with Crippen LogP contribution in [-0.4, -0.2) is 46.8 Å². The Morgan fingerprint density at radius 1 is 1.13 bits per heavy atom. The number of rotatable bonds is 4. The molecule has 0 aliphatic carbocycles. The number of nitro benzene ring substituents is 1. The van der Waals surface area contributed by atoms with Crippen LogP contribution >= 0.6 is 0 Å². The number of nitro groups is 1. The number of hydrogen-bond acceptors (Lipinski definition) is 7. The Labute approximate surface area is 170 Å². The fourth-order valence-electron chi connectivity index (χ4n) is 3.39. The number of amides is 3. The van der Waals surface area contributed by atoms with Crippen LogP contribution in [0.4, 0.5) is 11.4 Å². The smallest absolute Gasteiger partial charge is 0.282 e. The fourth-order valence-corrected chi connectivity index (χ4v) is 3.39. The summed E-state index contributed by atoms with van der Waals surface area (Å²) in [5.74, 6) is -1.20. The Morgan fingerprint density at radius 2 is 1.87 bits per heavy atom. The molecule has 0 aromatic heterocycles. The first kappa shape index (κ1) is 19.4. The maximum absolute atomic E-state index is 12.7. The molecule has 1 atom stereocenters. The standard InChI is InChI=1S/C20H17N3O7/c1-11(18(24)21-12-6-7-15-16(10-12)30-9-3-8-29-15)22-19(25)13-4-2-5-14(23(27)28)17(13)20(22)26/h2,4-7,10-11H,3,8-9H2,1H3,(H,21,24). The lowest BCUT2D eigenvalue weighted by atomic mass is 10.1. The third-order valence-corrected chi connectivity index (χ3v) is 4.90. The van der Waals surface area contributed by atoms with E-state index in [0.29, 0.717) is 30.4 Å². The quantitative estimate of drug-likeness (QED) is 0.465. The van der Waals surface area contributed by atoms with E-state index >= 15 is 0 Å². The van der Waals surface area contributed by atoms with E-state index in [2.05, 4.69) is 5.32 Å². The maximum atomic E-state index is 12.7. The van der Waals surface area contributed by atoms with Crippen LogP contribution < -0.4 is 14.8 Å². The minimum atomic E-state index is -1.19. The number of nitrogens with zero attached hydrogens (tertiary/aromatic N) is 2. The average Bonchev–Trinajstić information content (AvgIpc) is 2.88. The van der Waals surface area contributed by atoms with Gasteiger partial charge in [0.2, 0.25) is 5.91 Å². The van der Waals surface area contributed by atoms with Gasteiger partial charge in [-0.3, -0.25) is 29.4 Å². The molecular weight excluding hydrogens is 394 g/mol. The van der Waals surface area contributed by atoms with Crippen molar-refractivity contribution in [2.45, 2.75) is 19.4 Å². The molecule has 4 rings (SSSR count). The average molecular weight is 411 g/mol. The minimum Gasteiger partial charge on any atom is -0.490 e. The van der Waals surface area contributed by atoms with Gasteiger partial charge in [0.25, 0.3) is 17.5 Å². The van der Waals surface area contributed by atoms with Crippen molar-refractivity contribution in [2.75, 3.05) is 18.5 Å². The maximum Gasteiger partial charge on any atom is 0.282 e. The number of hydrogen-bond donors (Lipinski definition) is 1. The fraction of sp³-hybridized carbons (Fsp3) is 0.250. The van der Waals surface area contributed by atoms with E-state index in [4.69, 9.17) is 9.47 Å². The zero-order valence-electron chi connectivity index (χ0n) is 15.9. The van der Waals surface area contributed by atoms with Gasteiger partial charge in [0, 0.05) is 24.2 Å². The molecular formula is C20H17N3O7. The molecule has 2 aromatic carbocycles. The number of carbonyl (C=O) groups excluding carboxylic acids is 3. The molecule has 30 heavy (non-hydrogen) atoms. The molecule has 3 amide bonds. The van der Waals surface area contributed by atoms with Crippen LogP contribution in [0.3, 0.4) is 0 Å². The first-order chi connectivity index (χ1) is 14.4. The van der Waals surface area contributed by atoms with Crippen LogP contribution in [0.5, 0.6) is 11.5 Å². The second-order valence-corrected chi connectivity index (χ2v) is 6.81. The van der Waals surface area contributed by atoms with Gasteiger partial charge in [0.1, 0.15) is 11.6 Å². The molecule has 0 saturated heterocycles. The van der Waals surface area contributed by atoms with Crippen molar-refractivity contribution in [1.29, 1.82) is 0 Å². The molecule has 1 unspecified atom stereocenters. The van der Waals surface area contributed by atoms with E-state index in [-0.39, 0.29) is 11.1 Å². The van der Waals surface area contributed by atoms with Crippen molar-refractivity contribution >= 4 is 29.1 Å². The summed E-state index contributed by atoms with van der Waals surface area (Å²) >= 11 is 0. The number of anilines is 1. The molecule has 10 nitrogen and oxygen atoms in total.